The summed E-state index contributed by atoms with van der Waals surface area (Å²) >= 11 is 6.68. The molecule has 0 aliphatic carbocycles. The van der Waals surface area contributed by atoms with E-state index in [2.05, 4.69) is 33.7 Å². The summed E-state index contributed by atoms with van der Waals surface area (Å²) in [7, 11) is 0. The zero-order valence-corrected chi connectivity index (χ0v) is 11.6. The molecule has 3 N–H and O–H groups in total. The monoisotopic (exact) mass is 278 g/mol. The van der Waals surface area contributed by atoms with Crippen LogP contribution in [0.4, 0.5) is 5.82 Å². The standard InChI is InChI=1S/C12H14N4S2/c1-2-8-3-6-18-9(8)7-16-12-10(11(13)17)14-4-5-15-12/h3-6H,2,7H2,1H3,(H2,13,17)(H,15,16). The molecule has 0 atom stereocenters. The van der Waals surface area contributed by atoms with Crippen LogP contribution in [0.5, 0.6) is 0 Å². The average Bonchev–Trinajstić information content (AvgIpc) is 2.84. The van der Waals surface area contributed by atoms with Crippen molar-refractivity contribution in [3.8, 4) is 0 Å². The van der Waals surface area contributed by atoms with Crippen LogP contribution in [-0.2, 0) is 13.0 Å². The fourth-order valence-electron chi connectivity index (χ4n) is 1.65. The molecule has 0 saturated carbocycles. The lowest BCUT2D eigenvalue weighted by Crippen LogP contribution is -2.16. The van der Waals surface area contributed by atoms with Gasteiger partial charge in [-0.25, -0.2) is 9.97 Å². The number of nitrogens with two attached hydrogens (primary N) is 1. The molecule has 6 heteroatoms. The normalized spacial score (nSPS) is 10.3. The molecule has 4 nitrogen and oxygen atoms in total. The predicted molar refractivity (Wildman–Crippen MR) is 78.9 cm³/mol. The molecule has 2 aromatic rings. The van der Waals surface area contributed by atoms with Crippen molar-refractivity contribution >= 4 is 34.4 Å². The van der Waals surface area contributed by atoms with Crippen molar-refractivity contribution in [2.45, 2.75) is 19.9 Å². The number of nitrogens with one attached hydrogen (secondary N) is 1. The van der Waals surface area contributed by atoms with Gasteiger partial charge in [0.05, 0.1) is 6.54 Å². The molecule has 0 amide bonds. The third kappa shape index (κ3) is 2.83. The zero-order valence-electron chi connectivity index (χ0n) is 10.0. The maximum absolute atomic E-state index is 5.61. The second-order valence-electron chi connectivity index (χ2n) is 3.69. The fraction of sp³-hybridized carbons (Fsp3) is 0.250. The lowest BCUT2D eigenvalue weighted by Gasteiger charge is -2.08. The highest BCUT2D eigenvalue weighted by molar-refractivity contribution is 7.80. The van der Waals surface area contributed by atoms with Crippen molar-refractivity contribution in [1.82, 2.24) is 9.97 Å². The van der Waals surface area contributed by atoms with Crippen molar-refractivity contribution in [3.05, 3.63) is 40.0 Å². The highest BCUT2D eigenvalue weighted by Gasteiger charge is 2.08. The van der Waals surface area contributed by atoms with Crippen LogP contribution in [-0.4, -0.2) is 15.0 Å². The van der Waals surface area contributed by atoms with Crippen LogP contribution in [0, 0.1) is 0 Å². The first kappa shape index (κ1) is 12.9. The summed E-state index contributed by atoms with van der Waals surface area (Å²) in [5.41, 5.74) is 7.51. The smallest absolute Gasteiger partial charge is 0.155 e. The van der Waals surface area contributed by atoms with E-state index in [1.165, 1.54) is 10.4 Å². The quantitative estimate of drug-likeness (QED) is 0.822. The van der Waals surface area contributed by atoms with E-state index in [1.807, 2.05) is 0 Å². The molecule has 0 saturated heterocycles. The first-order chi connectivity index (χ1) is 8.72. The Morgan fingerprint density at radius 1 is 1.44 bits per heavy atom. The second kappa shape index (κ2) is 5.88. The SMILES string of the molecule is CCc1ccsc1CNc1nccnc1C(N)=S. The Bertz CT molecular complexity index is 551. The van der Waals surface area contributed by atoms with Gasteiger partial charge in [0.15, 0.2) is 5.82 Å². The van der Waals surface area contributed by atoms with Gasteiger partial charge in [0.1, 0.15) is 10.7 Å². The van der Waals surface area contributed by atoms with E-state index in [0.29, 0.717) is 11.5 Å². The highest BCUT2D eigenvalue weighted by Crippen LogP contribution is 2.19. The van der Waals surface area contributed by atoms with Gasteiger partial charge in [-0.15, -0.1) is 11.3 Å². The van der Waals surface area contributed by atoms with Gasteiger partial charge in [-0.05, 0) is 23.4 Å². The van der Waals surface area contributed by atoms with E-state index >= 15 is 0 Å². The maximum atomic E-state index is 5.61. The van der Waals surface area contributed by atoms with Crippen molar-refractivity contribution in [2.75, 3.05) is 5.32 Å². The Labute approximate surface area is 115 Å². The number of aryl methyl sites for hydroxylation is 1. The lowest BCUT2D eigenvalue weighted by atomic mass is 10.2. The van der Waals surface area contributed by atoms with Crippen molar-refractivity contribution in [3.63, 3.8) is 0 Å². The molecule has 0 unspecified atom stereocenters. The van der Waals surface area contributed by atoms with Crippen LogP contribution in [0.25, 0.3) is 0 Å². The first-order valence-electron chi connectivity index (χ1n) is 5.62. The zero-order chi connectivity index (χ0) is 13.0. The molecule has 0 aliphatic heterocycles. The van der Waals surface area contributed by atoms with Gasteiger partial charge in [0.2, 0.25) is 0 Å². The number of aromatic nitrogens is 2. The minimum absolute atomic E-state index is 0.257. The molecule has 2 rings (SSSR count). The van der Waals surface area contributed by atoms with Crippen LogP contribution in [0.15, 0.2) is 23.8 Å². The van der Waals surface area contributed by atoms with Gasteiger partial charge in [0, 0.05) is 17.3 Å². The molecule has 2 aromatic heterocycles. The molecule has 0 bridgehead atoms. The van der Waals surface area contributed by atoms with Crippen molar-refractivity contribution in [2.24, 2.45) is 5.73 Å². The molecule has 0 aliphatic rings. The number of hydrogen-bond donors (Lipinski definition) is 2. The van der Waals surface area contributed by atoms with E-state index in [9.17, 15) is 0 Å². The van der Waals surface area contributed by atoms with Crippen LogP contribution >= 0.6 is 23.6 Å². The number of hydrogen-bond acceptors (Lipinski definition) is 5. The van der Waals surface area contributed by atoms with Gasteiger partial charge in [-0.1, -0.05) is 19.1 Å². The lowest BCUT2D eigenvalue weighted by molar-refractivity contribution is 1.05. The fourth-order valence-corrected chi connectivity index (χ4v) is 2.71. The summed E-state index contributed by atoms with van der Waals surface area (Å²) in [5.74, 6) is 0.639. The Hall–Kier alpha value is -1.53. The van der Waals surface area contributed by atoms with E-state index < -0.39 is 0 Å². The first-order valence-corrected chi connectivity index (χ1v) is 6.91. The molecular weight excluding hydrogens is 264 g/mol. The van der Waals surface area contributed by atoms with Gasteiger partial charge in [-0.3, -0.25) is 0 Å². The molecule has 2 heterocycles. The minimum atomic E-state index is 0.257. The second-order valence-corrected chi connectivity index (χ2v) is 5.13. The number of anilines is 1. The molecule has 94 valence electrons. The molecule has 18 heavy (non-hydrogen) atoms. The molecule has 0 aromatic carbocycles. The Morgan fingerprint density at radius 2 is 2.22 bits per heavy atom. The maximum Gasteiger partial charge on any atom is 0.155 e. The van der Waals surface area contributed by atoms with Gasteiger partial charge in [-0.2, -0.15) is 0 Å². The topological polar surface area (TPSA) is 63.8 Å². The van der Waals surface area contributed by atoms with Gasteiger partial charge in [0.25, 0.3) is 0 Å². The van der Waals surface area contributed by atoms with Crippen molar-refractivity contribution in [1.29, 1.82) is 0 Å². The van der Waals surface area contributed by atoms with Gasteiger partial charge >= 0.3 is 0 Å². The summed E-state index contributed by atoms with van der Waals surface area (Å²) in [5, 5.41) is 5.34. The summed E-state index contributed by atoms with van der Waals surface area (Å²) < 4.78 is 0. The number of nitrogens with zero attached hydrogens (tertiary/aromatic N) is 2. The predicted octanol–water partition coefficient (Wildman–Crippen LogP) is 2.35. The third-order valence-electron chi connectivity index (χ3n) is 2.57. The van der Waals surface area contributed by atoms with Crippen LogP contribution in [0.3, 0.4) is 0 Å². The Morgan fingerprint density at radius 3 is 2.94 bits per heavy atom. The van der Waals surface area contributed by atoms with E-state index in [-0.39, 0.29) is 4.99 Å². The summed E-state index contributed by atoms with van der Waals surface area (Å²) in [6.45, 7) is 2.86. The minimum Gasteiger partial charge on any atom is -0.388 e. The highest BCUT2D eigenvalue weighted by atomic mass is 32.1. The molecular formula is C12H14N4S2. The van der Waals surface area contributed by atoms with E-state index in [4.69, 9.17) is 18.0 Å². The summed E-state index contributed by atoms with van der Waals surface area (Å²) in [6.07, 6.45) is 4.24. The Balaban J connectivity index is 2.13. The van der Waals surface area contributed by atoms with Crippen LogP contribution < -0.4 is 11.1 Å². The van der Waals surface area contributed by atoms with Gasteiger partial charge < -0.3 is 11.1 Å². The summed E-state index contributed by atoms with van der Waals surface area (Å²) in [4.78, 5) is 9.91. The average molecular weight is 278 g/mol. The Kier molecular flexibility index (Phi) is 4.22. The van der Waals surface area contributed by atoms with Crippen molar-refractivity contribution < 1.29 is 0 Å². The van der Waals surface area contributed by atoms with Crippen LogP contribution in [0.2, 0.25) is 0 Å². The van der Waals surface area contributed by atoms with E-state index in [1.54, 1.807) is 23.7 Å². The largest absolute Gasteiger partial charge is 0.388 e. The number of rotatable bonds is 5. The summed E-state index contributed by atoms with van der Waals surface area (Å²) in [6, 6.07) is 2.15. The van der Waals surface area contributed by atoms with Crippen LogP contribution in [0.1, 0.15) is 23.1 Å². The third-order valence-corrected chi connectivity index (χ3v) is 3.72. The molecule has 0 spiro atoms. The molecule has 0 radical (unpaired) electrons. The van der Waals surface area contributed by atoms with E-state index in [0.717, 1.165) is 13.0 Å². The number of thiophene rings is 1. The molecule has 0 fully saturated rings. The number of thiocarbonyl (C=S) groups is 1.